The molecular formula is C28H41N3O3S. The number of hydrogen-bond acceptors (Lipinski definition) is 4. The maximum absolute atomic E-state index is 13.6. The molecule has 2 heterocycles. The molecule has 3 rings (SSSR count). The number of ether oxygens (including phenoxy) is 1. The number of nitrogens with one attached hydrogen (secondary N) is 1. The topological polar surface area (TPSA) is 61.9 Å². The van der Waals surface area contributed by atoms with Gasteiger partial charge in [-0.05, 0) is 81.2 Å². The van der Waals surface area contributed by atoms with Crippen molar-refractivity contribution in [2.75, 3.05) is 19.7 Å². The van der Waals surface area contributed by atoms with E-state index in [1.54, 1.807) is 16.2 Å². The highest BCUT2D eigenvalue weighted by Gasteiger charge is 2.34. The van der Waals surface area contributed by atoms with Crippen LogP contribution >= 0.6 is 11.3 Å². The molecular weight excluding hydrogens is 458 g/mol. The minimum atomic E-state index is -0.371. The third-order valence-electron chi connectivity index (χ3n) is 6.54. The van der Waals surface area contributed by atoms with Gasteiger partial charge in [0.1, 0.15) is 18.9 Å². The second-order valence-corrected chi connectivity index (χ2v) is 11.8. The minimum Gasteiger partial charge on any atom is -0.491 e. The summed E-state index contributed by atoms with van der Waals surface area (Å²) in [5.41, 5.74) is 2.05. The summed E-state index contributed by atoms with van der Waals surface area (Å²) in [5, 5.41) is 5.11. The molecule has 0 aliphatic carbocycles. The second-order valence-electron chi connectivity index (χ2n) is 10.8. The van der Waals surface area contributed by atoms with Gasteiger partial charge in [0, 0.05) is 23.0 Å². The van der Waals surface area contributed by atoms with E-state index in [4.69, 9.17) is 4.74 Å². The predicted molar refractivity (Wildman–Crippen MR) is 143 cm³/mol. The van der Waals surface area contributed by atoms with E-state index >= 15 is 0 Å². The van der Waals surface area contributed by atoms with Gasteiger partial charge in [0.05, 0.1) is 6.04 Å². The standard InChI is InChI=1S/C28H41N3O3S/c1-8-20(4)31(27(33)29-28(5,6)7)17-26(32)30-15-13-25-23(14-16-35-25)24(30)18-34-22-11-9-21(10-12-22)19(2)3/h9-12,14,16,19-20,24H,8,13,15,17-18H2,1-7H3,(H,29,33). The predicted octanol–water partition coefficient (Wildman–Crippen LogP) is 5.98. The average molecular weight is 500 g/mol. The zero-order valence-corrected chi connectivity index (χ0v) is 23.1. The first-order chi connectivity index (χ1) is 16.5. The molecule has 0 saturated heterocycles. The summed E-state index contributed by atoms with van der Waals surface area (Å²) in [6, 6.07) is 9.87. The Labute approximate surface area is 214 Å². The molecule has 1 N–H and O–H groups in total. The van der Waals surface area contributed by atoms with E-state index in [-0.39, 0.29) is 36.1 Å². The van der Waals surface area contributed by atoms with E-state index < -0.39 is 0 Å². The highest BCUT2D eigenvalue weighted by Crippen LogP contribution is 2.34. The summed E-state index contributed by atoms with van der Waals surface area (Å²) in [7, 11) is 0. The summed E-state index contributed by atoms with van der Waals surface area (Å²) in [4.78, 5) is 31.5. The molecule has 1 aliphatic heterocycles. The number of rotatable bonds is 8. The van der Waals surface area contributed by atoms with Crippen LogP contribution in [-0.2, 0) is 11.2 Å². The number of thiophene rings is 1. The van der Waals surface area contributed by atoms with Crippen molar-refractivity contribution in [2.24, 2.45) is 0 Å². The van der Waals surface area contributed by atoms with Gasteiger partial charge in [-0.2, -0.15) is 0 Å². The Morgan fingerprint density at radius 1 is 1.17 bits per heavy atom. The van der Waals surface area contributed by atoms with Crippen molar-refractivity contribution in [3.8, 4) is 5.75 Å². The molecule has 0 saturated carbocycles. The molecule has 192 valence electrons. The third-order valence-corrected chi connectivity index (χ3v) is 7.54. The maximum Gasteiger partial charge on any atom is 0.318 e. The van der Waals surface area contributed by atoms with Gasteiger partial charge in [-0.15, -0.1) is 11.3 Å². The van der Waals surface area contributed by atoms with E-state index in [2.05, 4.69) is 42.7 Å². The summed E-state index contributed by atoms with van der Waals surface area (Å²) < 4.78 is 6.19. The smallest absolute Gasteiger partial charge is 0.318 e. The molecule has 1 aromatic heterocycles. The van der Waals surface area contributed by atoms with Crippen molar-refractivity contribution in [3.05, 3.63) is 51.7 Å². The minimum absolute atomic E-state index is 0.0445. The zero-order chi connectivity index (χ0) is 25.8. The Morgan fingerprint density at radius 2 is 1.86 bits per heavy atom. The molecule has 35 heavy (non-hydrogen) atoms. The summed E-state index contributed by atoms with van der Waals surface area (Å²) in [6.07, 6.45) is 1.61. The van der Waals surface area contributed by atoms with Crippen molar-refractivity contribution in [2.45, 2.75) is 84.8 Å². The largest absolute Gasteiger partial charge is 0.491 e. The molecule has 0 fully saturated rings. The van der Waals surface area contributed by atoms with Gasteiger partial charge in [0.2, 0.25) is 5.91 Å². The number of carbonyl (C=O) groups is 2. The lowest BCUT2D eigenvalue weighted by atomic mass is 10.00. The van der Waals surface area contributed by atoms with Crippen molar-refractivity contribution >= 4 is 23.3 Å². The summed E-state index contributed by atoms with van der Waals surface area (Å²) in [6.45, 7) is 15.3. The number of nitrogens with zero attached hydrogens (tertiary/aromatic N) is 2. The normalized spacial score (nSPS) is 16.6. The average Bonchev–Trinajstić information content (AvgIpc) is 3.28. The van der Waals surface area contributed by atoms with Crippen LogP contribution in [0.15, 0.2) is 35.7 Å². The van der Waals surface area contributed by atoms with Gasteiger partial charge in [-0.3, -0.25) is 4.79 Å². The van der Waals surface area contributed by atoms with Crippen LogP contribution in [0.2, 0.25) is 0 Å². The monoisotopic (exact) mass is 499 g/mol. The fourth-order valence-corrected chi connectivity index (χ4v) is 5.20. The summed E-state index contributed by atoms with van der Waals surface area (Å²) in [5.74, 6) is 1.22. The van der Waals surface area contributed by atoms with Crippen LogP contribution in [0.5, 0.6) is 5.75 Å². The van der Waals surface area contributed by atoms with Crippen LogP contribution in [0.25, 0.3) is 0 Å². The Kier molecular flexibility index (Phi) is 8.86. The Morgan fingerprint density at radius 3 is 2.46 bits per heavy atom. The molecule has 2 unspecified atom stereocenters. The first kappa shape index (κ1) is 27.1. The summed E-state index contributed by atoms with van der Waals surface area (Å²) >= 11 is 1.74. The zero-order valence-electron chi connectivity index (χ0n) is 22.3. The fourth-order valence-electron chi connectivity index (χ4n) is 4.28. The van der Waals surface area contributed by atoms with Gasteiger partial charge < -0.3 is 19.9 Å². The van der Waals surface area contributed by atoms with Gasteiger partial charge in [0.15, 0.2) is 0 Å². The second kappa shape index (κ2) is 11.5. The fraction of sp³-hybridized carbons (Fsp3) is 0.571. The number of amides is 3. The van der Waals surface area contributed by atoms with Crippen LogP contribution in [0.3, 0.4) is 0 Å². The number of carbonyl (C=O) groups excluding carboxylic acids is 2. The molecule has 2 aromatic rings. The van der Waals surface area contributed by atoms with Gasteiger partial charge >= 0.3 is 6.03 Å². The third kappa shape index (κ3) is 7.00. The number of hydrogen-bond donors (Lipinski definition) is 1. The molecule has 0 spiro atoms. The number of benzene rings is 1. The van der Waals surface area contributed by atoms with Crippen LogP contribution in [0.1, 0.15) is 82.9 Å². The van der Waals surface area contributed by atoms with E-state index in [1.165, 1.54) is 10.4 Å². The Hall–Kier alpha value is -2.54. The van der Waals surface area contributed by atoms with Gasteiger partial charge in [-0.1, -0.05) is 32.9 Å². The van der Waals surface area contributed by atoms with Crippen molar-refractivity contribution in [1.29, 1.82) is 0 Å². The first-order valence-corrected chi connectivity index (χ1v) is 13.6. The highest BCUT2D eigenvalue weighted by molar-refractivity contribution is 7.10. The van der Waals surface area contributed by atoms with Crippen LogP contribution in [0.4, 0.5) is 4.79 Å². The van der Waals surface area contributed by atoms with Crippen LogP contribution < -0.4 is 10.1 Å². The Bertz CT molecular complexity index is 994. The van der Waals surface area contributed by atoms with E-state index in [0.29, 0.717) is 19.1 Å². The molecule has 0 bridgehead atoms. The molecule has 1 aliphatic rings. The molecule has 0 radical (unpaired) electrons. The van der Waals surface area contributed by atoms with Crippen LogP contribution in [-0.4, -0.2) is 53.0 Å². The molecule has 2 atom stereocenters. The molecule has 7 heteroatoms. The number of fused-ring (bicyclic) bond motifs is 1. The SMILES string of the molecule is CCC(C)N(CC(=O)N1CCc2sccc2C1COc1ccc(C(C)C)cc1)C(=O)NC(C)(C)C. The molecule has 6 nitrogen and oxygen atoms in total. The highest BCUT2D eigenvalue weighted by atomic mass is 32.1. The lowest BCUT2D eigenvalue weighted by molar-refractivity contribution is -0.136. The van der Waals surface area contributed by atoms with Crippen LogP contribution in [0, 0.1) is 0 Å². The van der Waals surface area contributed by atoms with E-state index in [1.807, 2.05) is 51.7 Å². The van der Waals surface area contributed by atoms with Gasteiger partial charge in [-0.25, -0.2) is 4.79 Å². The molecule has 3 amide bonds. The van der Waals surface area contributed by atoms with E-state index in [9.17, 15) is 9.59 Å². The van der Waals surface area contributed by atoms with E-state index in [0.717, 1.165) is 24.2 Å². The Balaban J connectivity index is 1.77. The lowest BCUT2D eigenvalue weighted by Gasteiger charge is -2.38. The van der Waals surface area contributed by atoms with Crippen molar-refractivity contribution in [1.82, 2.24) is 15.1 Å². The lowest BCUT2D eigenvalue weighted by Crippen LogP contribution is -2.55. The maximum atomic E-state index is 13.6. The number of urea groups is 1. The van der Waals surface area contributed by atoms with Crippen molar-refractivity contribution < 1.29 is 14.3 Å². The quantitative estimate of drug-likeness (QED) is 0.486. The first-order valence-electron chi connectivity index (χ1n) is 12.7. The van der Waals surface area contributed by atoms with Gasteiger partial charge in [0.25, 0.3) is 0 Å². The van der Waals surface area contributed by atoms with Crippen molar-refractivity contribution in [3.63, 3.8) is 0 Å². The molecule has 1 aromatic carbocycles.